The van der Waals surface area contributed by atoms with E-state index in [1.165, 1.54) is 14.2 Å². The van der Waals surface area contributed by atoms with Crippen LogP contribution < -0.4 is 0 Å². The molecule has 0 aromatic carbocycles. The van der Waals surface area contributed by atoms with Crippen LogP contribution in [-0.2, 0) is 61.8 Å². The van der Waals surface area contributed by atoms with Crippen LogP contribution >= 0.6 is 0 Å². The van der Waals surface area contributed by atoms with Crippen molar-refractivity contribution in [2.75, 3.05) is 27.4 Å². The van der Waals surface area contributed by atoms with Crippen LogP contribution in [0.1, 0.15) is 60.7 Å². The number of hydrogen-bond acceptors (Lipinski definition) is 8. The van der Waals surface area contributed by atoms with E-state index < -0.39 is 0 Å². The summed E-state index contributed by atoms with van der Waals surface area (Å²) in [7, 11) is 2.78. The summed E-state index contributed by atoms with van der Waals surface area (Å²) < 4.78 is 20.6. The molecule has 37 heavy (non-hydrogen) atoms. The fraction of sp³-hybridized carbons (Fsp3) is 0.462. The molecule has 0 radical (unpaired) electrons. The summed E-state index contributed by atoms with van der Waals surface area (Å²) in [6.45, 7) is 1.49. The van der Waals surface area contributed by atoms with Gasteiger partial charge in [-0.25, -0.2) is 0 Å². The van der Waals surface area contributed by atoms with E-state index >= 15 is 0 Å². The van der Waals surface area contributed by atoms with Crippen LogP contribution in [0.2, 0.25) is 0 Å². The van der Waals surface area contributed by atoms with Crippen LogP contribution in [0.4, 0.5) is 0 Å². The minimum Gasteiger partial charge on any atom is -0.492 e. The Morgan fingerprint density at radius 1 is 0.919 bits per heavy atom. The predicted molar refractivity (Wildman–Crippen MR) is 133 cm³/mol. The van der Waals surface area contributed by atoms with Crippen molar-refractivity contribution in [1.82, 2.24) is 9.97 Å². The molecule has 2 aromatic rings. The van der Waals surface area contributed by atoms with Crippen molar-refractivity contribution in [2.24, 2.45) is 0 Å². The summed E-state index contributed by atoms with van der Waals surface area (Å²) in [5.41, 5.74) is 3.38. The van der Waals surface area contributed by atoms with Crippen molar-refractivity contribution >= 4 is 17.7 Å². The van der Waals surface area contributed by atoms with Gasteiger partial charge in [-0.15, -0.1) is 0 Å². The Kier molecular flexibility index (Phi) is 17.2. The van der Waals surface area contributed by atoms with Crippen LogP contribution in [-0.4, -0.2) is 60.3 Å². The van der Waals surface area contributed by atoms with E-state index in [0.29, 0.717) is 6.61 Å². The Morgan fingerprint density at radius 2 is 1.57 bits per heavy atom. The van der Waals surface area contributed by atoms with Crippen molar-refractivity contribution < 1.29 is 59.9 Å². The molecule has 0 amide bonds. The summed E-state index contributed by atoms with van der Waals surface area (Å²) in [6, 6.07) is 7.44. The number of allylic oxidation sites excluding steroid dienone is 1. The molecule has 1 atom stereocenters. The number of ether oxygens (including phenoxy) is 4. The number of nitrogens with zero attached hydrogens (tertiary/aromatic N) is 2. The molecule has 0 bridgehead atoms. The number of methoxy groups -OCH3 is 2. The van der Waals surface area contributed by atoms with E-state index in [1.807, 2.05) is 30.3 Å². The molecule has 11 heteroatoms. The quantitative estimate of drug-likeness (QED) is 0.356. The Balaban J connectivity index is 0.000000648. The largest absolute Gasteiger partial charge is 0.492 e. The molecule has 4 rings (SSSR count). The van der Waals surface area contributed by atoms with Crippen molar-refractivity contribution in [1.29, 1.82) is 0 Å². The van der Waals surface area contributed by atoms with Crippen LogP contribution in [0.5, 0.6) is 0 Å². The maximum absolute atomic E-state index is 11.3. The van der Waals surface area contributed by atoms with Gasteiger partial charge < -0.3 is 29.9 Å². The van der Waals surface area contributed by atoms with E-state index in [9.17, 15) is 9.59 Å². The van der Waals surface area contributed by atoms with Crippen LogP contribution in [0.15, 0.2) is 42.7 Å². The standard InChI is InChI=1S/C13H17NO3.C13H15NO3.2H2O.Pd/c2*1-16-12(15)9-10-5-4-7-14-13(10)11-6-2-3-8-17-11;;;/h4-5,7,11H,2-3,6,8-9H2,1H3;4-7H,2-3,8-9H2,1H3;2*1H2;. The molecule has 208 valence electrons. The van der Waals surface area contributed by atoms with E-state index in [4.69, 9.17) is 9.47 Å². The molecule has 4 heterocycles. The van der Waals surface area contributed by atoms with Crippen LogP contribution in [0, 0.1) is 0 Å². The monoisotopic (exact) mass is 610 g/mol. The van der Waals surface area contributed by atoms with Gasteiger partial charge in [0.05, 0.1) is 45.5 Å². The average Bonchev–Trinajstić information content (AvgIpc) is 2.90. The second-order valence-electron chi connectivity index (χ2n) is 7.98. The summed E-state index contributed by atoms with van der Waals surface area (Å²) in [5.74, 6) is 0.265. The SMILES string of the molecule is COC(=O)Cc1cccnc1C1=CCCCO1.COC(=O)Cc1cccnc1C1CCCCO1.O.O.[Pd]. The first-order chi connectivity index (χ1) is 16.6. The van der Waals surface area contributed by atoms with E-state index in [2.05, 4.69) is 19.4 Å². The van der Waals surface area contributed by atoms with E-state index in [1.54, 1.807) is 12.4 Å². The molecule has 1 unspecified atom stereocenters. The molecule has 2 aliphatic rings. The number of pyridine rings is 2. The zero-order chi connectivity index (χ0) is 24.2. The van der Waals surface area contributed by atoms with Crippen molar-refractivity contribution in [3.8, 4) is 0 Å². The fourth-order valence-electron chi connectivity index (χ4n) is 3.83. The van der Waals surface area contributed by atoms with Gasteiger partial charge in [0.15, 0.2) is 0 Å². The maximum Gasteiger partial charge on any atom is 0.310 e. The summed E-state index contributed by atoms with van der Waals surface area (Å²) in [5, 5.41) is 0. The third-order valence-electron chi connectivity index (χ3n) is 5.60. The summed E-state index contributed by atoms with van der Waals surface area (Å²) in [6.07, 6.45) is 11.2. The topological polar surface area (TPSA) is 160 Å². The van der Waals surface area contributed by atoms with Crippen molar-refractivity contribution in [2.45, 2.75) is 51.0 Å². The van der Waals surface area contributed by atoms with Crippen molar-refractivity contribution in [3.05, 3.63) is 65.2 Å². The molecule has 1 fully saturated rings. The van der Waals surface area contributed by atoms with Gasteiger partial charge in [-0.2, -0.15) is 0 Å². The number of carbonyl (C=O) groups excluding carboxylic acids is 2. The Labute approximate surface area is 231 Å². The van der Waals surface area contributed by atoms with E-state index in [-0.39, 0.29) is 62.3 Å². The molecule has 0 aliphatic carbocycles. The van der Waals surface area contributed by atoms with Gasteiger partial charge in [0, 0.05) is 39.4 Å². The molecule has 0 saturated carbocycles. The molecular formula is C26H36N2O8Pd. The minimum atomic E-state index is -0.268. The average molecular weight is 611 g/mol. The third kappa shape index (κ3) is 10.7. The third-order valence-corrected chi connectivity index (χ3v) is 5.60. The van der Waals surface area contributed by atoms with Gasteiger partial charge in [0.2, 0.25) is 0 Å². The van der Waals surface area contributed by atoms with Gasteiger partial charge in [0.1, 0.15) is 11.5 Å². The Hall–Kier alpha value is -2.68. The number of rotatable bonds is 6. The number of carbonyl (C=O) groups is 2. The van der Waals surface area contributed by atoms with Crippen LogP contribution in [0.25, 0.3) is 5.76 Å². The molecule has 4 N–H and O–H groups in total. The second kappa shape index (κ2) is 18.5. The predicted octanol–water partition coefficient (Wildman–Crippen LogP) is 2.34. The molecule has 10 nitrogen and oxygen atoms in total. The smallest absolute Gasteiger partial charge is 0.310 e. The number of esters is 2. The molecule has 2 aliphatic heterocycles. The van der Waals surface area contributed by atoms with Gasteiger partial charge in [0.25, 0.3) is 0 Å². The number of aromatic nitrogens is 2. The van der Waals surface area contributed by atoms with Gasteiger partial charge in [-0.3, -0.25) is 19.6 Å². The normalized spacial score (nSPS) is 15.9. The van der Waals surface area contributed by atoms with Crippen LogP contribution in [0.3, 0.4) is 0 Å². The summed E-state index contributed by atoms with van der Waals surface area (Å²) >= 11 is 0. The van der Waals surface area contributed by atoms with Gasteiger partial charge >= 0.3 is 11.9 Å². The molecule has 1 saturated heterocycles. The molecular weight excluding hydrogens is 575 g/mol. The first kappa shape index (κ1) is 34.3. The molecule has 0 spiro atoms. The zero-order valence-corrected chi connectivity index (χ0v) is 22.7. The minimum absolute atomic E-state index is 0. The number of hydrogen-bond donors (Lipinski definition) is 0. The van der Waals surface area contributed by atoms with Gasteiger partial charge in [-0.05, 0) is 61.4 Å². The molecule has 2 aromatic heterocycles. The first-order valence-electron chi connectivity index (χ1n) is 11.6. The first-order valence-corrected chi connectivity index (χ1v) is 11.6. The maximum atomic E-state index is 11.3. The van der Waals surface area contributed by atoms with E-state index in [0.717, 1.165) is 67.0 Å². The second-order valence-corrected chi connectivity index (χ2v) is 7.98. The zero-order valence-electron chi connectivity index (χ0n) is 21.1. The fourth-order valence-corrected chi connectivity index (χ4v) is 3.83. The Morgan fingerprint density at radius 3 is 2.16 bits per heavy atom. The van der Waals surface area contributed by atoms with Crippen molar-refractivity contribution in [3.63, 3.8) is 0 Å². The summed E-state index contributed by atoms with van der Waals surface area (Å²) in [4.78, 5) is 31.3. The Bertz CT molecular complexity index is 996. The van der Waals surface area contributed by atoms with Gasteiger partial charge in [-0.1, -0.05) is 12.1 Å².